The predicted octanol–water partition coefficient (Wildman–Crippen LogP) is 4.00. The number of amides is 2. The number of benzene rings is 1. The molecule has 1 aliphatic rings. The minimum Gasteiger partial charge on any atom is -0.335 e. The number of carbonyl (C=O) groups is 1. The summed E-state index contributed by atoms with van der Waals surface area (Å²) in [5, 5.41) is 11.9. The molecule has 1 aromatic heterocycles. The number of hydrogen-bond acceptors (Lipinski definition) is 3. The van der Waals surface area contributed by atoms with Crippen LogP contribution < -0.4 is 10.2 Å². The topological polar surface area (TPSA) is 63.1 Å². The summed E-state index contributed by atoms with van der Waals surface area (Å²) in [6.45, 7) is 8.94. The summed E-state index contributed by atoms with van der Waals surface area (Å²) in [5.41, 5.74) is 2.04. The molecule has 1 aromatic carbocycles. The predicted molar refractivity (Wildman–Crippen MR) is 103 cm³/mol. The largest absolute Gasteiger partial charge is 0.335 e. The first-order valence-electron chi connectivity index (χ1n) is 9.55. The molecule has 140 valence electrons. The van der Waals surface area contributed by atoms with Crippen LogP contribution in [-0.4, -0.2) is 26.8 Å². The first-order chi connectivity index (χ1) is 12.5. The van der Waals surface area contributed by atoms with Crippen molar-refractivity contribution >= 4 is 11.7 Å². The molecular weight excluding hydrogens is 326 g/mol. The van der Waals surface area contributed by atoms with Crippen molar-refractivity contribution in [2.24, 2.45) is 0 Å². The molecule has 0 saturated heterocycles. The number of aromatic nitrogens is 3. The Hall–Kier alpha value is -2.37. The van der Waals surface area contributed by atoms with Gasteiger partial charge in [0, 0.05) is 24.7 Å². The van der Waals surface area contributed by atoms with Gasteiger partial charge in [0.25, 0.3) is 0 Å². The van der Waals surface area contributed by atoms with Crippen LogP contribution in [0.25, 0.3) is 0 Å². The van der Waals surface area contributed by atoms with E-state index < -0.39 is 0 Å². The zero-order chi connectivity index (χ0) is 18.7. The van der Waals surface area contributed by atoms with E-state index in [4.69, 9.17) is 0 Å². The summed E-state index contributed by atoms with van der Waals surface area (Å²) < 4.78 is 2.21. The van der Waals surface area contributed by atoms with Gasteiger partial charge in [0.05, 0.1) is 6.04 Å². The van der Waals surface area contributed by atoms with Crippen molar-refractivity contribution in [2.75, 3.05) is 4.90 Å². The fourth-order valence-corrected chi connectivity index (χ4v) is 3.47. The van der Waals surface area contributed by atoms with E-state index in [9.17, 15) is 4.79 Å². The van der Waals surface area contributed by atoms with Gasteiger partial charge in [-0.15, -0.1) is 10.2 Å². The fraction of sp³-hybridized carbons (Fsp3) is 0.550. The molecule has 2 heterocycles. The molecule has 2 amide bonds. The van der Waals surface area contributed by atoms with E-state index in [1.165, 1.54) is 12.0 Å². The summed E-state index contributed by atoms with van der Waals surface area (Å²) in [6, 6.07) is 7.80. The van der Waals surface area contributed by atoms with Gasteiger partial charge in [0.15, 0.2) is 5.82 Å². The number of aryl methyl sites for hydroxylation is 2. The van der Waals surface area contributed by atoms with Crippen LogP contribution in [0.2, 0.25) is 0 Å². The average molecular weight is 355 g/mol. The Morgan fingerprint density at radius 2 is 1.85 bits per heavy atom. The molecule has 3 rings (SSSR count). The van der Waals surface area contributed by atoms with Crippen LogP contribution in [0.15, 0.2) is 24.3 Å². The lowest BCUT2D eigenvalue weighted by Gasteiger charge is -2.30. The molecule has 0 fully saturated rings. The van der Waals surface area contributed by atoms with Crippen LogP contribution in [0.5, 0.6) is 0 Å². The molecule has 1 aliphatic heterocycles. The van der Waals surface area contributed by atoms with Gasteiger partial charge >= 0.3 is 6.03 Å². The number of rotatable bonds is 4. The highest BCUT2D eigenvalue weighted by atomic mass is 16.2. The van der Waals surface area contributed by atoms with Gasteiger partial charge in [0.1, 0.15) is 5.82 Å². The van der Waals surface area contributed by atoms with Gasteiger partial charge in [-0.2, -0.15) is 0 Å². The van der Waals surface area contributed by atoms with E-state index in [-0.39, 0.29) is 18.1 Å². The maximum atomic E-state index is 13.0. The van der Waals surface area contributed by atoms with E-state index in [0.29, 0.717) is 0 Å². The smallest absolute Gasteiger partial charge is 0.322 e. The van der Waals surface area contributed by atoms with E-state index in [1.54, 1.807) is 4.90 Å². The van der Waals surface area contributed by atoms with Crippen molar-refractivity contribution in [2.45, 2.75) is 72.0 Å². The van der Waals surface area contributed by atoms with Crippen molar-refractivity contribution in [1.29, 1.82) is 0 Å². The molecule has 0 radical (unpaired) electrons. The summed E-state index contributed by atoms with van der Waals surface area (Å²) in [6.07, 6.45) is 4.46. The van der Waals surface area contributed by atoms with Crippen molar-refractivity contribution < 1.29 is 4.79 Å². The molecule has 1 unspecified atom stereocenters. The van der Waals surface area contributed by atoms with E-state index in [1.807, 2.05) is 52.0 Å². The van der Waals surface area contributed by atoms with Gasteiger partial charge in [0.2, 0.25) is 0 Å². The zero-order valence-corrected chi connectivity index (χ0v) is 16.2. The molecule has 0 bridgehead atoms. The maximum absolute atomic E-state index is 13.0. The second-order valence-corrected chi connectivity index (χ2v) is 7.42. The number of nitrogens with zero attached hydrogens (tertiary/aromatic N) is 4. The quantitative estimate of drug-likeness (QED) is 0.902. The van der Waals surface area contributed by atoms with Gasteiger partial charge < -0.3 is 9.88 Å². The lowest BCUT2D eigenvalue weighted by atomic mass is 10.1. The minimum absolute atomic E-state index is 0.0677. The number of carbonyl (C=O) groups excluding carboxylic acids is 1. The van der Waals surface area contributed by atoms with Crippen molar-refractivity contribution in [1.82, 2.24) is 20.1 Å². The highest BCUT2D eigenvalue weighted by molar-refractivity contribution is 5.92. The first-order valence-corrected chi connectivity index (χ1v) is 9.55. The van der Waals surface area contributed by atoms with Crippen molar-refractivity contribution in [3.63, 3.8) is 0 Å². The van der Waals surface area contributed by atoms with Crippen LogP contribution in [0.1, 0.15) is 63.3 Å². The Balaban J connectivity index is 1.97. The van der Waals surface area contributed by atoms with Gasteiger partial charge in [-0.25, -0.2) is 4.79 Å². The second-order valence-electron chi connectivity index (χ2n) is 7.42. The molecule has 6 nitrogen and oxygen atoms in total. The zero-order valence-electron chi connectivity index (χ0n) is 16.2. The van der Waals surface area contributed by atoms with Crippen LogP contribution in [0.4, 0.5) is 10.5 Å². The van der Waals surface area contributed by atoms with E-state index >= 15 is 0 Å². The summed E-state index contributed by atoms with van der Waals surface area (Å²) in [5.74, 6) is 1.90. The standard InChI is InChI=1S/C20H29N5O/c1-14(2)21-20(26)25(17-11-9-15(3)10-12-17)16(4)19-23-22-18-8-6-5-7-13-24(18)19/h9-12,14,16H,5-8,13H2,1-4H3,(H,21,26). The number of urea groups is 1. The van der Waals surface area contributed by atoms with Gasteiger partial charge in [-0.1, -0.05) is 24.1 Å². The third kappa shape index (κ3) is 3.89. The number of fused-ring (bicyclic) bond motifs is 1. The van der Waals surface area contributed by atoms with Gasteiger partial charge in [-0.3, -0.25) is 4.90 Å². The SMILES string of the molecule is Cc1ccc(N(C(=O)NC(C)C)C(C)c2nnc3n2CCCCC3)cc1. The van der Waals surface area contributed by atoms with Crippen LogP contribution in [0, 0.1) is 6.92 Å². The summed E-state index contributed by atoms with van der Waals surface area (Å²) in [7, 11) is 0. The fourth-order valence-electron chi connectivity index (χ4n) is 3.47. The van der Waals surface area contributed by atoms with Crippen molar-refractivity contribution in [3.8, 4) is 0 Å². The monoisotopic (exact) mass is 355 g/mol. The molecular formula is C20H29N5O. The average Bonchev–Trinajstić information content (AvgIpc) is 2.85. The number of hydrogen-bond donors (Lipinski definition) is 1. The third-order valence-electron chi connectivity index (χ3n) is 4.84. The number of nitrogens with one attached hydrogen (secondary N) is 1. The molecule has 26 heavy (non-hydrogen) atoms. The molecule has 0 aliphatic carbocycles. The second kappa shape index (κ2) is 7.89. The Morgan fingerprint density at radius 1 is 1.12 bits per heavy atom. The Labute approximate surface area is 155 Å². The summed E-state index contributed by atoms with van der Waals surface area (Å²) in [4.78, 5) is 14.8. The van der Waals surface area contributed by atoms with E-state index in [2.05, 4.69) is 20.1 Å². The lowest BCUT2D eigenvalue weighted by Crippen LogP contribution is -2.45. The number of anilines is 1. The van der Waals surface area contributed by atoms with Crippen LogP contribution in [-0.2, 0) is 13.0 Å². The van der Waals surface area contributed by atoms with Crippen LogP contribution in [0.3, 0.4) is 0 Å². The highest BCUT2D eigenvalue weighted by Gasteiger charge is 2.29. The first kappa shape index (κ1) is 18.4. The Kier molecular flexibility index (Phi) is 5.59. The lowest BCUT2D eigenvalue weighted by molar-refractivity contribution is 0.241. The molecule has 0 spiro atoms. The summed E-state index contributed by atoms with van der Waals surface area (Å²) >= 11 is 0. The van der Waals surface area contributed by atoms with E-state index in [0.717, 1.165) is 43.1 Å². The van der Waals surface area contributed by atoms with Crippen LogP contribution >= 0.6 is 0 Å². The normalized spacial score (nSPS) is 15.3. The highest BCUT2D eigenvalue weighted by Crippen LogP contribution is 2.28. The molecule has 6 heteroatoms. The third-order valence-corrected chi connectivity index (χ3v) is 4.84. The molecule has 2 aromatic rings. The molecule has 1 N–H and O–H groups in total. The molecule has 1 atom stereocenters. The maximum Gasteiger partial charge on any atom is 0.322 e. The van der Waals surface area contributed by atoms with Crippen molar-refractivity contribution in [3.05, 3.63) is 41.5 Å². The molecule has 0 saturated carbocycles. The Morgan fingerprint density at radius 3 is 2.54 bits per heavy atom. The van der Waals surface area contributed by atoms with Gasteiger partial charge in [-0.05, 0) is 52.7 Å². The minimum atomic E-state index is -0.198. The Bertz CT molecular complexity index is 750.